The number of hydrogen-bond donors (Lipinski definition) is 2. The van der Waals surface area contributed by atoms with Crippen molar-refractivity contribution in [1.82, 2.24) is 20.1 Å². The summed E-state index contributed by atoms with van der Waals surface area (Å²) >= 11 is 0. The van der Waals surface area contributed by atoms with E-state index < -0.39 is 0 Å². The van der Waals surface area contributed by atoms with Crippen molar-refractivity contribution in [2.45, 2.75) is 18.9 Å². The van der Waals surface area contributed by atoms with Gasteiger partial charge in [-0.3, -0.25) is 10.00 Å². The van der Waals surface area contributed by atoms with Gasteiger partial charge in [0.25, 0.3) is 0 Å². The van der Waals surface area contributed by atoms with Gasteiger partial charge in [0.2, 0.25) is 0 Å². The van der Waals surface area contributed by atoms with Gasteiger partial charge in [0.05, 0.1) is 0 Å². The average molecular weight is 266 g/mol. The van der Waals surface area contributed by atoms with E-state index in [-0.39, 0.29) is 0 Å². The SMILES string of the molecule is c1ccc2c([C@H]3CCN(Cc4ccn[nH]4)C3)c[nH]c2c1. The summed E-state index contributed by atoms with van der Waals surface area (Å²) in [6.45, 7) is 3.25. The Labute approximate surface area is 117 Å². The second-order valence-corrected chi connectivity index (χ2v) is 5.59. The van der Waals surface area contributed by atoms with Crippen LogP contribution in [0.4, 0.5) is 0 Å². The summed E-state index contributed by atoms with van der Waals surface area (Å²) in [4.78, 5) is 5.89. The number of benzene rings is 1. The fourth-order valence-corrected chi connectivity index (χ4v) is 3.28. The first-order chi connectivity index (χ1) is 9.90. The Morgan fingerprint density at radius 2 is 2.20 bits per heavy atom. The van der Waals surface area contributed by atoms with Crippen LogP contribution in [-0.4, -0.2) is 33.2 Å². The Kier molecular flexibility index (Phi) is 2.81. The van der Waals surface area contributed by atoms with Gasteiger partial charge in [-0.1, -0.05) is 18.2 Å². The molecule has 2 N–H and O–H groups in total. The number of nitrogens with one attached hydrogen (secondary N) is 2. The molecule has 0 unspecified atom stereocenters. The Bertz CT molecular complexity index is 698. The summed E-state index contributed by atoms with van der Waals surface area (Å²) in [6.07, 6.45) is 5.24. The van der Waals surface area contributed by atoms with E-state index in [0.29, 0.717) is 5.92 Å². The van der Waals surface area contributed by atoms with Gasteiger partial charge in [0.1, 0.15) is 0 Å². The Morgan fingerprint density at radius 3 is 3.10 bits per heavy atom. The van der Waals surface area contributed by atoms with Crippen LogP contribution in [0, 0.1) is 0 Å². The van der Waals surface area contributed by atoms with Crippen molar-refractivity contribution in [3.8, 4) is 0 Å². The molecule has 0 bridgehead atoms. The Hall–Kier alpha value is -2.07. The van der Waals surface area contributed by atoms with Gasteiger partial charge in [-0.2, -0.15) is 5.10 Å². The summed E-state index contributed by atoms with van der Waals surface area (Å²) in [5.41, 5.74) is 3.91. The molecule has 4 heteroatoms. The number of hydrogen-bond acceptors (Lipinski definition) is 2. The highest BCUT2D eigenvalue weighted by atomic mass is 15.2. The topological polar surface area (TPSA) is 47.7 Å². The summed E-state index contributed by atoms with van der Waals surface area (Å²) < 4.78 is 0. The van der Waals surface area contributed by atoms with E-state index in [9.17, 15) is 0 Å². The Morgan fingerprint density at radius 1 is 1.25 bits per heavy atom. The highest BCUT2D eigenvalue weighted by molar-refractivity contribution is 5.83. The van der Waals surface area contributed by atoms with Gasteiger partial charge in [-0.25, -0.2) is 0 Å². The van der Waals surface area contributed by atoms with Crippen molar-refractivity contribution in [1.29, 1.82) is 0 Å². The third-order valence-electron chi connectivity index (χ3n) is 4.29. The van der Waals surface area contributed by atoms with Crippen LogP contribution in [-0.2, 0) is 6.54 Å². The van der Waals surface area contributed by atoms with Crippen LogP contribution in [0.25, 0.3) is 10.9 Å². The number of likely N-dealkylation sites (tertiary alicyclic amines) is 1. The number of para-hydroxylation sites is 1. The van der Waals surface area contributed by atoms with Crippen molar-refractivity contribution in [3.05, 3.63) is 54.0 Å². The number of rotatable bonds is 3. The monoisotopic (exact) mass is 266 g/mol. The minimum Gasteiger partial charge on any atom is -0.361 e. The maximum absolute atomic E-state index is 4.02. The van der Waals surface area contributed by atoms with E-state index in [4.69, 9.17) is 0 Å². The summed E-state index contributed by atoms with van der Waals surface area (Å²) in [6, 6.07) is 10.6. The fourth-order valence-electron chi connectivity index (χ4n) is 3.28. The van der Waals surface area contributed by atoms with Crippen LogP contribution >= 0.6 is 0 Å². The van der Waals surface area contributed by atoms with Crippen molar-refractivity contribution in [2.24, 2.45) is 0 Å². The lowest BCUT2D eigenvalue weighted by atomic mass is 9.98. The van der Waals surface area contributed by atoms with Gasteiger partial charge in [0, 0.05) is 42.1 Å². The molecule has 1 fully saturated rings. The third kappa shape index (κ3) is 2.02. The van der Waals surface area contributed by atoms with Crippen LogP contribution in [0.2, 0.25) is 0 Å². The molecule has 3 aromatic rings. The standard InChI is InChI=1S/C16H18N4/c1-2-4-16-14(3-1)15(9-17-16)12-6-8-20(10-12)11-13-5-7-18-19-13/h1-5,7,9,12,17H,6,8,10-11H2,(H,18,19)/t12-/m0/s1. The quantitative estimate of drug-likeness (QED) is 0.765. The lowest BCUT2D eigenvalue weighted by Gasteiger charge is -2.14. The zero-order chi connectivity index (χ0) is 13.4. The lowest BCUT2D eigenvalue weighted by molar-refractivity contribution is 0.323. The first-order valence-electron chi connectivity index (χ1n) is 7.17. The van der Waals surface area contributed by atoms with Gasteiger partial charge in [-0.05, 0) is 36.6 Å². The first-order valence-corrected chi connectivity index (χ1v) is 7.17. The minimum absolute atomic E-state index is 0.633. The predicted octanol–water partition coefficient (Wildman–Crippen LogP) is 2.88. The van der Waals surface area contributed by atoms with Crippen molar-refractivity contribution >= 4 is 10.9 Å². The van der Waals surface area contributed by atoms with E-state index in [1.54, 1.807) is 0 Å². The van der Waals surface area contributed by atoms with E-state index in [0.717, 1.165) is 19.6 Å². The smallest absolute Gasteiger partial charge is 0.0492 e. The molecule has 0 aliphatic carbocycles. The molecular weight excluding hydrogens is 248 g/mol. The van der Waals surface area contributed by atoms with E-state index in [1.165, 1.54) is 28.6 Å². The lowest BCUT2D eigenvalue weighted by Crippen LogP contribution is -2.19. The molecule has 2 aromatic heterocycles. The number of aromatic nitrogens is 3. The van der Waals surface area contributed by atoms with Crippen LogP contribution in [0.15, 0.2) is 42.7 Å². The van der Waals surface area contributed by atoms with Crippen molar-refractivity contribution in [3.63, 3.8) is 0 Å². The van der Waals surface area contributed by atoms with Crippen LogP contribution in [0.3, 0.4) is 0 Å². The number of fused-ring (bicyclic) bond motifs is 1. The molecule has 1 aliphatic rings. The van der Waals surface area contributed by atoms with E-state index in [1.807, 2.05) is 6.20 Å². The second kappa shape index (κ2) is 4.80. The molecule has 102 valence electrons. The molecule has 4 rings (SSSR count). The summed E-state index contributed by atoms with van der Waals surface area (Å²) in [7, 11) is 0. The highest BCUT2D eigenvalue weighted by Gasteiger charge is 2.25. The second-order valence-electron chi connectivity index (χ2n) is 5.59. The largest absolute Gasteiger partial charge is 0.361 e. The Balaban J connectivity index is 1.53. The summed E-state index contributed by atoms with van der Waals surface area (Å²) in [5, 5.41) is 8.44. The van der Waals surface area contributed by atoms with Crippen molar-refractivity contribution < 1.29 is 0 Å². The molecule has 1 atom stereocenters. The zero-order valence-electron chi connectivity index (χ0n) is 11.3. The molecule has 1 saturated heterocycles. The normalized spacial score (nSPS) is 19.9. The van der Waals surface area contributed by atoms with Gasteiger partial charge >= 0.3 is 0 Å². The molecule has 0 saturated carbocycles. The predicted molar refractivity (Wildman–Crippen MR) is 79.5 cm³/mol. The van der Waals surface area contributed by atoms with Crippen LogP contribution < -0.4 is 0 Å². The van der Waals surface area contributed by atoms with Crippen LogP contribution in [0.1, 0.15) is 23.6 Å². The molecule has 20 heavy (non-hydrogen) atoms. The maximum atomic E-state index is 4.02. The fraction of sp³-hybridized carbons (Fsp3) is 0.312. The molecule has 1 aromatic carbocycles. The first kappa shape index (κ1) is 11.7. The molecule has 1 aliphatic heterocycles. The number of nitrogens with zero attached hydrogens (tertiary/aromatic N) is 2. The van der Waals surface area contributed by atoms with E-state index >= 15 is 0 Å². The minimum atomic E-state index is 0.633. The molecular formula is C16H18N4. The number of aromatic amines is 2. The molecule has 0 radical (unpaired) electrons. The summed E-state index contributed by atoms with van der Waals surface area (Å²) in [5.74, 6) is 0.633. The zero-order valence-corrected chi connectivity index (χ0v) is 11.3. The van der Waals surface area contributed by atoms with Gasteiger partial charge in [-0.15, -0.1) is 0 Å². The van der Waals surface area contributed by atoms with Gasteiger partial charge < -0.3 is 4.98 Å². The maximum Gasteiger partial charge on any atom is 0.0492 e. The average Bonchev–Trinajstić information content (AvgIpc) is 3.18. The highest BCUT2D eigenvalue weighted by Crippen LogP contribution is 2.32. The molecule has 4 nitrogen and oxygen atoms in total. The molecule has 3 heterocycles. The van der Waals surface area contributed by atoms with Crippen LogP contribution in [0.5, 0.6) is 0 Å². The number of H-pyrrole nitrogens is 2. The third-order valence-corrected chi connectivity index (χ3v) is 4.29. The van der Waals surface area contributed by atoms with E-state index in [2.05, 4.69) is 56.6 Å². The van der Waals surface area contributed by atoms with Crippen molar-refractivity contribution in [2.75, 3.05) is 13.1 Å². The molecule has 0 spiro atoms. The van der Waals surface area contributed by atoms with Gasteiger partial charge in [0.15, 0.2) is 0 Å². The molecule has 0 amide bonds.